The SMILES string of the molecule is CCn1cc(Cl)c(C(=O)Nc2cnn(C)c2C(=O)NCC(C)C)n1. The molecule has 0 aliphatic carbocycles. The van der Waals surface area contributed by atoms with Crippen molar-refractivity contribution < 1.29 is 9.59 Å². The highest BCUT2D eigenvalue weighted by molar-refractivity contribution is 6.34. The maximum Gasteiger partial charge on any atom is 0.277 e. The minimum Gasteiger partial charge on any atom is -0.350 e. The van der Waals surface area contributed by atoms with Gasteiger partial charge in [-0.25, -0.2) is 0 Å². The van der Waals surface area contributed by atoms with Gasteiger partial charge in [-0.05, 0) is 12.8 Å². The van der Waals surface area contributed by atoms with E-state index in [1.165, 1.54) is 10.9 Å². The molecule has 0 aliphatic rings. The average molecular weight is 353 g/mol. The molecule has 2 N–H and O–H groups in total. The highest BCUT2D eigenvalue weighted by Gasteiger charge is 2.21. The van der Waals surface area contributed by atoms with Crippen LogP contribution in [0, 0.1) is 5.92 Å². The molecule has 130 valence electrons. The monoisotopic (exact) mass is 352 g/mol. The van der Waals surface area contributed by atoms with Gasteiger partial charge in [0.05, 0.1) is 16.9 Å². The fourth-order valence-corrected chi connectivity index (χ4v) is 2.31. The van der Waals surface area contributed by atoms with Crippen LogP contribution in [0.5, 0.6) is 0 Å². The number of nitrogens with one attached hydrogen (secondary N) is 2. The van der Waals surface area contributed by atoms with E-state index in [0.717, 1.165) is 0 Å². The molecule has 2 aromatic rings. The standard InChI is InChI=1S/C15H21ClN6O2/c1-5-22-8-10(16)12(20-22)14(23)19-11-7-18-21(4)13(11)15(24)17-6-9(2)3/h7-9H,5-6H2,1-4H3,(H,17,24)(H,19,23). The van der Waals surface area contributed by atoms with Gasteiger partial charge in [-0.15, -0.1) is 0 Å². The number of rotatable bonds is 6. The van der Waals surface area contributed by atoms with E-state index in [-0.39, 0.29) is 22.3 Å². The van der Waals surface area contributed by atoms with Crippen molar-refractivity contribution >= 4 is 29.1 Å². The van der Waals surface area contributed by atoms with Gasteiger partial charge in [-0.1, -0.05) is 25.4 Å². The van der Waals surface area contributed by atoms with E-state index < -0.39 is 5.91 Å². The second kappa shape index (κ2) is 7.48. The Labute approximate surface area is 145 Å². The summed E-state index contributed by atoms with van der Waals surface area (Å²) in [6.45, 7) is 7.02. The first-order valence-electron chi connectivity index (χ1n) is 7.68. The van der Waals surface area contributed by atoms with Crippen molar-refractivity contribution in [3.63, 3.8) is 0 Å². The Morgan fingerprint density at radius 2 is 2.04 bits per heavy atom. The van der Waals surface area contributed by atoms with E-state index in [4.69, 9.17) is 11.6 Å². The summed E-state index contributed by atoms with van der Waals surface area (Å²) in [5.41, 5.74) is 0.692. The third kappa shape index (κ3) is 3.94. The van der Waals surface area contributed by atoms with Crippen LogP contribution >= 0.6 is 11.6 Å². The number of hydrogen-bond donors (Lipinski definition) is 2. The molecule has 0 radical (unpaired) electrons. The molecule has 0 aromatic carbocycles. The zero-order chi connectivity index (χ0) is 17.9. The Bertz CT molecular complexity index is 749. The number of hydrogen-bond acceptors (Lipinski definition) is 4. The van der Waals surface area contributed by atoms with Crippen molar-refractivity contribution in [2.45, 2.75) is 27.3 Å². The molecule has 2 rings (SSSR count). The number of carbonyl (C=O) groups excluding carboxylic acids is 2. The predicted molar refractivity (Wildman–Crippen MR) is 91.2 cm³/mol. The Kier molecular flexibility index (Phi) is 5.61. The molecule has 8 nitrogen and oxygen atoms in total. The number of anilines is 1. The first-order valence-corrected chi connectivity index (χ1v) is 8.05. The molecule has 0 saturated carbocycles. The lowest BCUT2D eigenvalue weighted by molar-refractivity contribution is 0.0940. The average Bonchev–Trinajstić information content (AvgIpc) is 3.08. The van der Waals surface area contributed by atoms with Crippen LogP contribution in [0.25, 0.3) is 0 Å². The number of aromatic nitrogens is 4. The minimum atomic E-state index is -0.488. The van der Waals surface area contributed by atoms with Crippen molar-refractivity contribution in [1.29, 1.82) is 0 Å². The van der Waals surface area contributed by atoms with E-state index in [9.17, 15) is 9.59 Å². The van der Waals surface area contributed by atoms with Gasteiger partial charge < -0.3 is 10.6 Å². The zero-order valence-electron chi connectivity index (χ0n) is 14.1. The molecule has 9 heteroatoms. The van der Waals surface area contributed by atoms with Gasteiger partial charge in [0.1, 0.15) is 5.69 Å². The van der Waals surface area contributed by atoms with Gasteiger partial charge >= 0.3 is 0 Å². The molecule has 2 aromatic heterocycles. The number of carbonyl (C=O) groups is 2. The molecule has 0 fully saturated rings. The summed E-state index contributed by atoms with van der Waals surface area (Å²) in [5.74, 6) is -0.473. The first-order chi connectivity index (χ1) is 11.3. The lowest BCUT2D eigenvalue weighted by Gasteiger charge is -2.10. The summed E-state index contributed by atoms with van der Waals surface area (Å²) in [6, 6.07) is 0. The number of aryl methyl sites for hydroxylation is 2. The molecule has 0 saturated heterocycles. The van der Waals surface area contributed by atoms with Crippen LogP contribution in [0.3, 0.4) is 0 Å². The third-order valence-electron chi connectivity index (χ3n) is 3.33. The summed E-state index contributed by atoms with van der Waals surface area (Å²) in [4.78, 5) is 24.7. The van der Waals surface area contributed by atoms with Crippen LogP contribution in [-0.4, -0.2) is 37.9 Å². The fourth-order valence-electron chi connectivity index (χ4n) is 2.07. The van der Waals surface area contributed by atoms with Crippen molar-refractivity contribution in [2.75, 3.05) is 11.9 Å². The van der Waals surface area contributed by atoms with Crippen LogP contribution in [-0.2, 0) is 13.6 Å². The highest BCUT2D eigenvalue weighted by Crippen LogP contribution is 2.19. The first kappa shape index (κ1) is 18.0. The summed E-state index contributed by atoms with van der Waals surface area (Å²) >= 11 is 6.03. The summed E-state index contributed by atoms with van der Waals surface area (Å²) in [6.07, 6.45) is 3.00. The number of nitrogens with zero attached hydrogens (tertiary/aromatic N) is 4. The van der Waals surface area contributed by atoms with Crippen LogP contribution in [0.4, 0.5) is 5.69 Å². The van der Waals surface area contributed by atoms with E-state index in [1.54, 1.807) is 17.9 Å². The van der Waals surface area contributed by atoms with Gasteiger partial charge in [-0.3, -0.25) is 19.0 Å². The van der Waals surface area contributed by atoms with E-state index >= 15 is 0 Å². The lowest BCUT2D eigenvalue weighted by Crippen LogP contribution is -2.30. The minimum absolute atomic E-state index is 0.107. The summed E-state index contributed by atoms with van der Waals surface area (Å²) in [5, 5.41) is 13.9. The van der Waals surface area contributed by atoms with Gasteiger partial charge in [0, 0.05) is 26.3 Å². The molecule has 0 atom stereocenters. The zero-order valence-corrected chi connectivity index (χ0v) is 14.9. The van der Waals surface area contributed by atoms with E-state index in [2.05, 4.69) is 20.8 Å². The second-order valence-electron chi connectivity index (χ2n) is 5.77. The maximum atomic E-state index is 12.4. The van der Waals surface area contributed by atoms with Crippen molar-refractivity contribution in [3.05, 3.63) is 28.8 Å². The molecule has 0 bridgehead atoms. The molecule has 0 spiro atoms. The largest absolute Gasteiger partial charge is 0.350 e. The Hall–Kier alpha value is -2.35. The van der Waals surface area contributed by atoms with Gasteiger partial charge in [-0.2, -0.15) is 10.2 Å². The normalized spacial score (nSPS) is 10.9. The molecular formula is C15H21ClN6O2. The van der Waals surface area contributed by atoms with Crippen molar-refractivity contribution in [3.8, 4) is 0 Å². The molecule has 24 heavy (non-hydrogen) atoms. The van der Waals surface area contributed by atoms with Crippen LogP contribution < -0.4 is 10.6 Å². The smallest absolute Gasteiger partial charge is 0.277 e. The molecule has 2 amide bonds. The van der Waals surface area contributed by atoms with Crippen LogP contribution in [0.15, 0.2) is 12.4 Å². The Morgan fingerprint density at radius 3 is 2.62 bits per heavy atom. The lowest BCUT2D eigenvalue weighted by atomic mass is 10.2. The molecule has 2 heterocycles. The Balaban J connectivity index is 2.19. The topological polar surface area (TPSA) is 93.8 Å². The summed E-state index contributed by atoms with van der Waals surface area (Å²) in [7, 11) is 1.64. The van der Waals surface area contributed by atoms with Gasteiger partial charge in [0.15, 0.2) is 5.69 Å². The highest BCUT2D eigenvalue weighted by atomic mass is 35.5. The van der Waals surface area contributed by atoms with Crippen LogP contribution in [0.2, 0.25) is 5.02 Å². The molecule has 0 aliphatic heterocycles. The van der Waals surface area contributed by atoms with Crippen molar-refractivity contribution in [1.82, 2.24) is 24.9 Å². The number of amides is 2. The van der Waals surface area contributed by atoms with E-state index in [0.29, 0.717) is 24.7 Å². The Morgan fingerprint density at radius 1 is 1.33 bits per heavy atom. The molecule has 0 unspecified atom stereocenters. The maximum absolute atomic E-state index is 12.4. The molecular weight excluding hydrogens is 332 g/mol. The van der Waals surface area contributed by atoms with Gasteiger partial charge in [0.2, 0.25) is 0 Å². The fraction of sp³-hybridized carbons (Fsp3) is 0.467. The third-order valence-corrected chi connectivity index (χ3v) is 3.61. The quantitative estimate of drug-likeness (QED) is 0.830. The second-order valence-corrected chi connectivity index (χ2v) is 6.18. The van der Waals surface area contributed by atoms with E-state index in [1.807, 2.05) is 20.8 Å². The van der Waals surface area contributed by atoms with Gasteiger partial charge in [0.25, 0.3) is 11.8 Å². The predicted octanol–water partition coefficient (Wildman–Crippen LogP) is 1.93. The number of halogens is 1. The summed E-state index contributed by atoms with van der Waals surface area (Å²) < 4.78 is 2.98. The van der Waals surface area contributed by atoms with Crippen molar-refractivity contribution in [2.24, 2.45) is 13.0 Å². The van der Waals surface area contributed by atoms with Crippen LogP contribution in [0.1, 0.15) is 41.7 Å².